The highest BCUT2D eigenvalue weighted by Crippen LogP contribution is 2.39. The Labute approximate surface area is 174 Å². The van der Waals surface area contributed by atoms with Gasteiger partial charge in [0.2, 0.25) is 5.91 Å². The molecule has 3 aromatic carbocycles. The number of anilines is 1. The zero-order valence-corrected chi connectivity index (χ0v) is 17.0. The van der Waals surface area contributed by atoms with Crippen molar-refractivity contribution in [2.75, 3.05) is 11.1 Å². The molecule has 29 heavy (non-hydrogen) atoms. The van der Waals surface area contributed by atoms with Gasteiger partial charge in [-0.05, 0) is 42.3 Å². The minimum Gasteiger partial charge on any atom is -0.322 e. The molecule has 1 heterocycles. The molecule has 1 aliphatic heterocycles. The summed E-state index contributed by atoms with van der Waals surface area (Å²) in [4.78, 5) is 26.8. The standard InChI is InChI=1S/C24H22N2O2S/c1-17-7-13-21(14-8-17)25-23(28)19-9-11-20(12-10-19)24-26(22(27)16-29-24)15-18-5-3-2-4-6-18/h2-14,24H,15-16H2,1H3,(H,25,28)/t24-/m0/s1. The summed E-state index contributed by atoms with van der Waals surface area (Å²) >= 11 is 1.62. The summed E-state index contributed by atoms with van der Waals surface area (Å²) in [5, 5.41) is 2.88. The first-order valence-electron chi connectivity index (χ1n) is 9.53. The van der Waals surface area contributed by atoms with Crippen molar-refractivity contribution in [2.45, 2.75) is 18.8 Å². The van der Waals surface area contributed by atoms with Crippen LogP contribution in [0.15, 0.2) is 78.9 Å². The second-order valence-electron chi connectivity index (χ2n) is 7.11. The molecule has 1 saturated heterocycles. The van der Waals surface area contributed by atoms with E-state index in [1.165, 1.54) is 0 Å². The number of hydrogen-bond donors (Lipinski definition) is 1. The van der Waals surface area contributed by atoms with Gasteiger partial charge in [0.05, 0.1) is 5.75 Å². The Morgan fingerprint density at radius 3 is 2.38 bits per heavy atom. The van der Waals surface area contributed by atoms with Gasteiger partial charge >= 0.3 is 0 Å². The molecule has 0 spiro atoms. The molecule has 5 heteroatoms. The minimum absolute atomic E-state index is 0.0306. The zero-order valence-electron chi connectivity index (χ0n) is 16.2. The summed E-state index contributed by atoms with van der Waals surface area (Å²) < 4.78 is 0. The molecular weight excluding hydrogens is 380 g/mol. The van der Waals surface area contributed by atoms with E-state index in [0.29, 0.717) is 17.9 Å². The lowest BCUT2D eigenvalue weighted by Crippen LogP contribution is -2.27. The molecule has 2 amide bonds. The van der Waals surface area contributed by atoms with E-state index in [1.807, 2.05) is 90.7 Å². The van der Waals surface area contributed by atoms with Crippen LogP contribution in [0, 0.1) is 6.92 Å². The Morgan fingerprint density at radius 1 is 1.00 bits per heavy atom. The summed E-state index contributed by atoms with van der Waals surface area (Å²) in [6.07, 6.45) is 0. The molecule has 0 aromatic heterocycles. The number of hydrogen-bond acceptors (Lipinski definition) is 3. The number of thioether (sulfide) groups is 1. The molecule has 1 fully saturated rings. The third-order valence-electron chi connectivity index (χ3n) is 4.93. The van der Waals surface area contributed by atoms with Crippen molar-refractivity contribution < 1.29 is 9.59 Å². The Morgan fingerprint density at radius 2 is 1.69 bits per heavy atom. The van der Waals surface area contributed by atoms with Crippen LogP contribution in [0.1, 0.15) is 32.4 Å². The molecule has 3 aromatic rings. The van der Waals surface area contributed by atoms with E-state index in [-0.39, 0.29) is 17.2 Å². The van der Waals surface area contributed by atoms with Crippen LogP contribution in [0.5, 0.6) is 0 Å². The van der Waals surface area contributed by atoms with Gasteiger partial charge in [0.1, 0.15) is 5.37 Å². The van der Waals surface area contributed by atoms with Crippen molar-refractivity contribution in [3.63, 3.8) is 0 Å². The second-order valence-corrected chi connectivity index (χ2v) is 8.18. The Kier molecular flexibility index (Phi) is 5.67. The molecule has 1 atom stereocenters. The number of benzene rings is 3. The lowest BCUT2D eigenvalue weighted by atomic mass is 10.1. The summed E-state index contributed by atoms with van der Waals surface area (Å²) in [6, 6.07) is 25.3. The number of amides is 2. The molecule has 1 N–H and O–H groups in total. The number of aryl methyl sites for hydroxylation is 1. The van der Waals surface area contributed by atoms with E-state index in [4.69, 9.17) is 0 Å². The summed E-state index contributed by atoms with van der Waals surface area (Å²) in [5.41, 5.74) is 4.66. The van der Waals surface area contributed by atoms with Gasteiger partial charge in [-0.1, -0.05) is 60.2 Å². The molecule has 0 bridgehead atoms. The lowest BCUT2D eigenvalue weighted by Gasteiger charge is -2.24. The molecule has 0 saturated carbocycles. The largest absolute Gasteiger partial charge is 0.322 e. The van der Waals surface area contributed by atoms with Crippen LogP contribution in [-0.2, 0) is 11.3 Å². The summed E-state index contributed by atoms with van der Waals surface area (Å²) in [7, 11) is 0. The third kappa shape index (κ3) is 4.51. The van der Waals surface area contributed by atoms with Gasteiger partial charge in [0.15, 0.2) is 0 Å². The van der Waals surface area contributed by atoms with E-state index >= 15 is 0 Å². The van der Waals surface area contributed by atoms with E-state index < -0.39 is 0 Å². The van der Waals surface area contributed by atoms with Crippen molar-refractivity contribution in [3.05, 3.63) is 101 Å². The van der Waals surface area contributed by atoms with Gasteiger partial charge in [0, 0.05) is 17.8 Å². The van der Waals surface area contributed by atoms with Crippen molar-refractivity contribution >= 4 is 29.3 Å². The predicted molar refractivity (Wildman–Crippen MR) is 118 cm³/mol. The lowest BCUT2D eigenvalue weighted by molar-refractivity contribution is -0.128. The van der Waals surface area contributed by atoms with Gasteiger partial charge in [-0.15, -0.1) is 11.8 Å². The highest BCUT2D eigenvalue weighted by atomic mass is 32.2. The van der Waals surface area contributed by atoms with Crippen LogP contribution >= 0.6 is 11.8 Å². The number of carbonyl (C=O) groups is 2. The van der Waals surface area contributed by atoms with Crippen LogP contribution < -0.4 is 5.32 Å². The third-order valence-corrected chi connectivity index (χ3v) is 6.19. The van der Waals surface area contributed by atoms with E-state index in [1.54, 1.807) is 11.8 Å². The van der Waals surface area contributed by atoms with Crippen molar-refractivity contribution in [1.29, 1.82) is 0 Å². The van der Waals surface area contributed by atoms with E-state index in [2.05, 4.69) is 5.32 Å². The Hall–Kier alpha value is -3.05. The highest BCUT2D eigenvalue weighted by Gasteiger charge is 2.32. The number of nitrogens with one attached hydrogen (secondary N) is 1. The van der Waals surface area contributed by atoms with Gasteiger partial charge < -0.3 is 10.2 Å². The SMILES string of the molecule is Cc1ccc(NC(=O)c2ccc([C@@H]3SCC(=O)N3Cc3ccccc3)cc2)cc1. The van der Waals surface area contributed by atoms with Crippen LogP contribution in [0.2, 0.25) is 0 Å². The van der Waals surface area contributed by atoms with E-state index in [0.717, 1.165) is 22.4 Å². The van der Waals surface area contributed by atoms with Gasteiger partial charge in [-0.25, -0.2) is 0 Å². The molecule has 1 aliphatic rings. The van der Waals surface area contributed by atoms with E-state index in [9.17, 15) is 9.59 Å². The van der Waals surface area contributed by atoms with Crippen molar-refractivity contribution in [3.8, 4) is 0 Å². The second kappa shape index (κ2) is 8.53. The molecule has 0 radical (unpaired) electrons. The summed E-state index contributed by atoms with van der Waals surface area (Å²) in [6.45, 7) is 2.60. The van der Waals surface area contributed by atoms with Crippen LogP contribution in [0.4, 0.5) is 5.69 Å². The molecular formula is C24H22N2O2S. The molecule has 4 rings (SSSR count). The quantitative estimate of drug-likeness (QED) is 0.652. The van der Waals surface area contributed by atoms with Crippen LogP contribution in [-0.4, -0.2) is 22.5 Å². The Bertz CT molecular complexity index is 1000. The number of rotatable bonds is 5. The topological polar surface area (TPSA) is 49.4 Å². The molecule has 146 valence electrons. The van der Waals surface area contributed by atoms with Gasteiger partial charge in [0.25, 0.3) is 5.91 Å². The van der Waals surface area contributed by atoms with Crippen molar-refractivity contribution in [2.24, 2.45) is 0 Å². The number of nitrogens with zero attached hydrogens (tertiary/aromatic N) is 1. The zero-order chi connectivity index (χ0) is 20.2. The first-order valence-corrected chi connectivity index (χ1v) is 10.6. The molecule has 4 nitrogen and oxygen atoms in total. The average Bonchev–Trinajstić information content (AvgIpc) is 3.11. The average molecular weight is 403 g/mol. The van der Waals surface area contributed by atoms with Crippen LogP contribution in [0.25, 0.3) is 0 Å². The van der Waals surface area contributed by atoms with Crippen molar-refractivity contribution in [1.82, 2.24) is 4.90 Å². The first kappa shape index (κ1) is 19.3. The fourth-order valence-corrected chi connectivity index (χ4v) is 4.51. The normalized spacial score (nSPS) is 16.1. The number of carbonyl (C=O) groups excluding carboxylic acids is 2. The Balaban J connectivity index is 1.47. The maximum Gasteiger partial charge on any atom is 0.255 e. The fraction of sp³-hybridized carbons (Fsp3) is 0.167. The van der Waals surface area contributed by atoms with Gasteiger partial charge in [-0.2, -0.15) is 0 Å². The minimum atomic E-state index is -0.142. The molecule has 0 unspecified atom stereocenters. The van der Waals surface area contributed by atoms with Crippen LogP contribution in [0.3, 0.4) is 0 Å². The fourth-order valence-electron chi connectivity index (χ4n) is 3.32. The maximum absolute atomic E-state index is 12.5. The highest BCUT2D eigenvalue weighted by molar-refractivity contribution is 8.00. The smallest absolute Gasteiger partial charge is 0.255 e. The monoisotopic (exact) mass is 402 g/mol. The molecule has 0 aliphatic carbocycles. The predicted octanol–water partition coefficient (Wildman–Crippen LogP) is 5.02. The summed E-state index contributed by atoms with van der Waals surface area (Å²) in [5.74, 6) is 0.481. The first-order chi connectivity index (χ1) is 14.1. The maximum atomic E-state index is 12.5. The van der Waals surface area contributed by atoms with Gasteiger partial charge in [-0.3, -0.25) is 9.59 Å².